The highest BCUT2D eigenvalue weighted by atomic mass is 32.2. The third kappa shape index (κ3) is 4.26. The third-order valence-corrected chi connectivity index (χ3v) is 4.52. The van der Waals surface area contributed by atoms with Crippen LogP contribution < -0.4 is 0 Å². The van der Waals surface area contributed by atoms with Gasteiger partial charge in [0.15, 0.2) is 0 Å². The number of oxime groups is 1. The van der Waals surface area contributed by atoms with Crippen LogP contribution in [0.3, 0.4) is 0 Å². The van der Waals surface area contributed by atoms with E-state index in [0.717, 1.165) is 22.9 Å². The zero-order chi connectivity index (χ0) is 16.9. The maximum Gasteiger partial charge on any atom is 0.401 e. The van der Waals surface area contributed by atoms with Gasteiger partial charge in [-0.1, -0.05) is 47.1 Å². The van der Waals surface area contributed by atoms with E-state index in [1.807, 2.05) is 36.4 Å². The van der Waals surface area contributed by atoms with Gasteiger partial charge in [-0.2, -0.15) is 13.7 Å². The summed E-state index contributed by atoms with van der Waals surface area (Å²) in [5, 5.41) is 15.3. The van der Waals surface area contributed by atoms with Gasteiger partial charge in [-0.05, 0) is 37.1 Å². The van der Waals surface area contributed by atoms with Gasteiger partial charge in [0, 0.05) is 4.91 Å². The molecule has 1 heterocycles. The molecule has 7 heteroatoms. The molecular formula is C16H12N2O3S2. The zero-order valence-corrected chi connectivity index (χ0v) is 14.0. The molecule has 0 aliphatic carbocycles. The van der Waals surface area contributed by atoms with Crippen LogP contribution in [0.2, 0.25) is 0 Å². The molecule has 1 aliphatic heterocycles. The molecule has 23 heavy (non-hydrogen) atoms. The summed E-state index contributed by atoms with van der Waals surface area (Å²) < 4.78 is 27.1. The van der Waals surface area contributed by atoms with Crippen molar-refractivity contribution in [3.05, 3.63) is 52.4 Å². The minimum absolute atomic E-state index is 0.336. The van der Waals surface area contributed by atoms with Crippen molar-refractivity contribution in [2.75, 3.05) is 0 Å². The van der Waals surface area contributed by atoms with Gasteiger partial charge >= 0.3 is 10.1 Å². The molecule has 5 nitrogen and oxygen atoms in total. The first kappa shape index (κ1) is 16.9. The topological polar surface area (TPSA) is 79.5 Å². The van der Waals surface area contributed by atoms with E-state index >= 15 is 0 Å². The van der Waals surface area contributed by atoms with Crippen LogP contribution in [-0.2, 0) is 14.4 Å². The van der Waals surface area contributed by atoms with Crippen LogP contribution >= 0.6 is 11.8 Å². The lowest BCUT2D eigenvalue weighted by Gasteiger charge is -2.05. The highest BCUT2D eigenvalue weighted by Gasteiger charge is 2.17. The lowest BCUT2D eigenvalue weighted by molar-refractivity contribution is 0.349. The average Bonchev–Trinajstić information content (AvgIpc) is 2.97. The van der Waals surface area contributed by atoms with E-state index in [1.165, 1.54) is 6.92 Å². The molecule has 0 unspecified atom stereocenters. The summed E-state index contributed by atoms with van der Waals surface area (Å²) in [5.74, 6) is 2.24. The molecule has 0 atom stereocenters. The summed E-state index contributed by atoms with van der Waals surface area (Å²) in [6.45, 7) is 3.31. The Hall–Kier alpha value is -2.48. The van der Waals surface area contributed by atoms with Gasteiger partial charge in [0.05, 0.1) is 10.8 Å². The monoisotopic (exact) mass is 344 g/mol. The van der Waals surface area contributed by atoms with Crippen LogP contribution in [-0.4, -0.2) is 13.5 Å². The van der Waals surface area contributed by atoms with Crippen molar-refractivity contribution in [2.45, 2.75) is 13.8 Å². The Bertz CT molecular complexity index is 924. The van der Waals surface area contributed by atoms with Gasteiger partial charge in [-0.15, -0.1) is 0 Å². The summed E-state index contributed by atoms with van der Waals surface area (Å²) in [5.41, 5.74) is 2.31. The van der Waals surface area contributed by atoms with Crippen molar-refractivity contribution in [3.8, 4) is 17.2 Å². The molecule has 0 saturated heterocycles. The molecule has 0 bridgehead atoms. The predicted octanol–water partition coefficient (Wildman–Crippen LogP) is 3.17. The molecule has 0 aromatic heterocycles. The van der Waals surface area contributed by atoms with Crippen molar-refractivity contribution in [1.29, 1.82) is 5.26 Å². The van der Waals surface area contributed by atoms with Crippen molar-refractivity contribution in [2.24, 2.45) is 5.16 Å². The first-order valence-corrected chi connectivity index (χ1v) is 8.70. The summed E-state index contributed by atoms with van der Waals surface area (Å²) in [6.07, 6.45) is 3.29. The van der Waals surface area contributed by atoms with E-state index in [0.29, 0.717) is 15.5 Å². The lowest BCUT2D eigenvalue weighted by Crippen LogP contribution is -1.98. The molecular weight excluding hydrogens is 332 g/mol. The van der Waals surface area contributed by atoms with Crippen LogP contribution in [0.1, 0.15) is 18.1 Å². The molecule has 0 fully saturated rings. The van der Waals surface area contributed by atoms with Crippen molar-refractivity contribution >= 4 is 32.5 Å². The number of benzene rings is 1. The normalized spacial score (nSPS) is 17.3. The summed E-state index contributed by atoms with van der Waals surface area (Å²) in [7, 11) is -4.00. The highest BCUT2D eigenvalue weighted by Crippen LogP contribution is 2.34. The Labute approximate surface area is 139 Å². The molecule has 0 N–H and O–H groups in total. The van der Waals surface area contributed by atoms with E-state index < -0.39 is 10.1 Å². The number of rotatable bonds is 3. The largest absolute Gasteiger partial charge is 0.401 e. The van der Waals surface area contributed by atoms with Crippen LogP contribution in [0, 0.1) is 29.4 Å². The van der Waals surface area contributed by atoms with Crippen molar-refractivity contribution in [3.63, 3.8) is 0 Å². The fourth-order valence-corrected chi connectivity index (χ4v) is 3.18. The number of hydrogen-bond acceptors (Lipinski definition) is 6. The second-order valence-electron chi connectivity index (χ2n) is 4.41. The third-order valence-electron chi connectivity index (χ3n) is 2.82. The number of allylic oxidation sites excluding steroid dienone is 2. The van der Waals surface area contributed by atoms with E-state index in [4.69, 9.17) is 0 Å². The number of thioether (sulfide) groups is 1. The Kier molecular flexibility index (Phi) is 5.28. The second-order valence-corrected chi connectivity index (χ2v) is 6.74. The van der Waals surface area contributed by atoms with Crippen LogP contribution in [0.25, 0.3) is 5.57 Å². The van der Waals surface area contributed by atoms with Crippen molar-refractivity contribution in [1.82, 2.24) is 0 Å². The van der Waals surface area contributed by atoms with Gasteiger partial charge in [0.25, 0.3) is 0 Å². The highest BCUT2D eigenvalue weighted by molar-refractivity contribution is 8.18. The van der Waals surface area contributed by atoms with Gasteiger partial charge < -0.3 is 0 Å². The van der Waals surface area contributed by atoms with E-state index in [2.05, 4.69) is 21.4 Å². The van der Waals surface area contributed by atoms with E-state index in [9.17, 15) is 13.7 Å². The molecule has 1 aliphatic rings. The second kappa shape index (κ2) is 7.19. The number of aryl methyl sites for hydroxylation is 1. The Morgan fingerprint density at radius 3 is 2.70 bits per heavy atom. The van der Waals surface area contributed by atoms with E-state index in [-0.39, 0.29) is 0 Å². The first-order chi connectivity index (χ1) is 11.0. The fourth-order valence-electron chi connectivity index (χ4n) is 1.84. The van der Waals surface area contributed by atoms with Gasteiger partial charge in [0.1, 0.15) is 11.1 Å². The van der Waals surface area contributed by atoms with Crippen LogP contribution in [0.15, 0.2) is 46.5 Å². The minimum atomic E-state index is -4.00. The quantitative estimate of drug-likeness (QED) is 0.478. The van der Waals surface area contributed by atoms with Crippen molar-refractivity contribution < 1.29 is 12.7 Å². The molecule has 1 aromatic carbocycles. The number of nitrogens with zero attached hydrogens (tertiary/aromatic N) is 2. The maximum absolute atomic E-state index is 11.3. The predicted molar refractivity (Wildman–Crippen MR) is 91.3 cm³/mol. The summed E-state index contributed by atoms with van der Waals surface area (Å²) >= 11 is 1.16. The maximum atomic E-state index is 11.3. The molecule has 0 spiro atoms. The fraction of sp³-hybridized carbons (Fsp3) is 0.125. The molecule has 0 amide bonds. The first-order valence-electron chi connectivity index (χ1n) is 6.48. The molecule has 2 rings (SSSR count). The van der Waals surface area contributed by atoms with Crippen LogP contribution in [0.4, 0.5) is 0 Å². The van der Waals surface area contributed by atoms with E-state index in [1.54, 1.807) is 12.2 Å². The van der Waals surface area contributed by atoms with Crippen LogP contribution in [0.5, 0.6) is 0 Å². The lowest BCUT2D eigenvalue weighted by atomic mass is 10.0. The Morgan fingerprint density at radius 2 is 2.04 bits per heavy atom. The minimum Gasteiger partial charge on any atom is -0.258 e. The number of hydrogen-bond donors (Lipinski definition) is 0. The average molecular weight is 344 g/mol. The Morgan fingerprint density at radius 1 is 1.30 bits per heavy atom. The van der Waals surface area contributed by atoms with Gasteiger partial charge in [0.2, 0.25) is 0 Å². The van der Waals surface area contributed by atoms with Gasteiger partial charge in [-0.3, -0.25) is 4.28 Å². The molecule has 116 valence electrons. The zero-order valence-electron chi connectivity index (χ0n) is 12.4. The Balaban J connectivity index is 2.28. The SMILES string of the molecule is CC#CS(=O)(=O)ON=C1C=CC(=C(C#N)c2ccccc2C)S1. The molecule has 1 aromatic rings. The van der Waals surface area contributed by atoms with Gasteiger partial charge in [-0.25, -0.2) is 0 Å². The summed E-state index contributed by atoms with van der Waals surface area (Å²) in [6, 6.07) is 9.73. The smallest absolute Gasteiger partial charge is 0.258 e. The standard InChI is InChI=1S/C16H12N2O3S2/c1-3-10-23(19,20)21-18-16-9-8-15(22-16)14(11-17)13-7-5-4-6-12(13)2/h4-9H,1-2H3. The molecule has 0 radical (unpaired) electrons. The molecule has 0 saturated carbocycles. The summed E-state index contributed by atoms with van der Waals surface area (Å²) in [4.78, 5) is 0.683. The number of nitriles is 1.